The molecule has 30 heavy (non-hydrogen) atoms. The van der Waals surface area contributed by atoms with Crippen molar-refractivity contribution in [2.45, 2.75) is 5.60 Å². The summed E-state index contributed by atoms with van der Waals surface area (Å²) in [5.41, 5.74) is 2.12. The van der Waals surface area contributed by atoms with Crippen LogP contribution in [0.5, 0.6) is 5.75 Å². The molecule has 0 spiro atoms. The van der Waals surface area contributed by atoms with E-state index >= 15 is 0 Å². The van der Waals surface area contributed by atoms with Crippen LogP contribution in [0.15, 0.2) is 101 Å². The van der Waals surface area contributed by atoms with Gasteiger partial charge in [0.1, 0.15) is 12.4 Å². The Kier molecular flexibility index (Phi) is 7.17. The Balaban J connectivity index is 1.88. The smallest absolute Gasteiger partial charge is 0.281 e. The average Bonchev–Trinajstić information content (AvgIpc) is 2.79. The Labute approximate surface area is 183 Å². The molecule has 5 nitrogen and oxygen atoms in total. The minimum absolute atomic E-state index is 0.344. The summed E-state index contributed by atoms with van der Waals surface area (Å²) in [4.78, 5) is 13.1. The van der Waals surface area contributed by atoms with E-state index in [1.165, 1.54) is 6.21 Å². The topological polar surface area (TPSA) is 70.9 Å². The Morgan fingerprint density at radius 1 is 1.07 bits per heavy atom. The maximum atomic E-state index is 13.1. The van der Waals surface area contributed by atoms with Crippen molar-refractivity contribution in [3.05, 3.63) is 113 Å². The lowest BCUT2D eigenvalue weighted by molar-refractivity contribution is -0.136. The highest BCUT2D eigenvalue weighted by Crippen LogP contribution is 2.30. The predicted molar refractivity (Wildman–Crippen MR) is 121 cm³/mol. The van der Waals surface area contributed by atoms with E-state index in [9.17, 15) is 9.90 Å². The first-order valence-electron chi connectivity index (χ1n) is 9.26. The monoisotopic (exact) mass is 464 g/mol. The number of carbonyl (C=O) groups excluding carboxylic acids is 1. The van der Waals surface area contributed by atoms with E-state index < -0.39 is 11.5 Å². The molecule has 1 amide bonds. The molecule has 0 aliphatic heterocycles. The zero-order chi connectivity index (χ0) is 21.4. The van der Waals surface area contributed by atoms with Gasteiger partial charge in [0, 0.05) is 10.0 Å². The average molecular weight is 465 g/mol. The molecule has 2 N–H and O–H groups in total. The van der Waals surface area contributed by atoms with Gasteiger partial charge in [-0.05, 0) is 29.3 Å². The molecule has 3 rings (SSSR count). The summed E-state index contributed by atoms with van der Waals surface area (Å²) in [6.45, 7) is 3.98. The maximum Gasteiger partial charge on any atom is 0.281 e. The Morgan fingerprint density at radius 3 is 2.23 bits per heavy atom. The van der Waals surface area contributed by atoms with Gasteiger partial charge >= 0.3 is 0 Å². The second-order valence-corrected chi connectivity index (χ2v) is 7.34. The van der Waals surface area contributed by atoms with E-state index in [0.717, 1.165) is 4.47 Å². The molecule has 0 bridgehead atoms. The van der Waals surface area contributed by atoms with Crippen LogP contribution in [0.2, 0.25) is 0 Å². The molecule has 152 valence electrons. The number of rotatable bonds is 8. The molecule has 0 saturated carbocycles. The van der Waals surface area contributed by atoms with Crippen molar-refractivity contribution in [2.24, 2.45) is 5.10 Å². The summed E-state index contributed by atoms with van der Waals surface area (Å²) in [7, 11) is 0. The Hall–Kier alpha value is -3.22. The van der Waals surface area contributed by atoms with Crippen molar-refractivity contribution in [3.63, 3.8) is 0 Å². The highest BCUT2D eigenvalue weighted by atomic mass is 79.9. The van der Waals surface area contributed by atoms with Gasteiger partial charge in [0.25, 0.3) is 5.91 Å². The van der Waals surface area contributed by atoms with Crippen LogP contribution in [0.4, 0.5) is 0 Å². The predicted octanol–water partition coefficient (Wildman–Crippen LogP) is 4.40. The van der Waals surface area contributed by atoms with E-state index in [1.807, 2.05) is 24.3 Å². The quantitative estimate of drug-likeness (QED) is 0.294. The second-order valence-electron chi connectivity index (χ2n) is 6.42. The third-order valence-electron chi connectivity index (χ3n) is 4.41. The fourth-order valence-corrected chi connectivity index (χ4v) is 3.31. The van der Waals surface area contributed by atoms with Crippen molar-refractivity contribution in [1.29, 1.82) is 0 Å². The first-order valence-corrected chi connectivity index (χ1v) is 10.0. The van der Waals surface area contributed by atoms with Gasteiger partial charge in [-0.25, -0.2) is 5.43 Å². The number of amides is 1. The molecule has 0 aromatic heterocycles. The summed E-state index contributed by atoms with van der Waals surface area (Å²) in [5, 5.41) is 15.5. The summed E-state index contributed by atoms with van der Waals surface area (Å²) in [5.74, 6) is -0.0720. The molecule has 0 heterocycles. The second kappa shape index (κ2) is 10.0. The number of hydrogen-bond acceptors (Lipinski definition) is 4. The summed E-state index contributed by atoms with van der Waals surface area (Å²) < 4.78 is 6.45. The third-order valence-corrected chi connectivity index (χ3v) is 4.90. The zero-order valence-corrected chi connectivity index (χ0v) is 17.7. The van der Waals surface area contributed by atoms with Gasteiger partial charge in [0.2, 0.25) is 0 Å². The Morgan fingerprint density at radius 2 is 1.67 bits per heavy atom. The molecule has 3 aromatic rings. The molecule has 0 atom stereocenters. The normalized spacial score (nSPS) is 11.3. The lowest BCUT2D eigenvalue weighted by atomic mass is 9.85. The van der Waals surface area contributed by atoms with Crippen molar-refractivity contribution in [1.82, 2.24) is 5.43 Å². The number of hydrazone groups is 1. The van der Waals surface area contributed by atoms with Gasteiger partial charge in [-0.1, -0.05) is 89.2 Å². The largest absolute Gasteiger partial charge is 0.489 e. The Bertz CT molecular complexity index is 997. The van der Waals surface area contributed by atoms with E-state index in [0.29, 0.717) is 29.0 Å². The van der Waals surface area contributed by atoms with Crippen LogP contribution in [-0.2, 0) is 10.4 Å². The highest BCUT2D eigenvalue weighted by molar-refractivity contribution is 9.10. The highest BCUT2D eigenvalue weighted by Gasteiger charge is 2.39. The van der Waals surface area contributed by atoms with Crippen LogP contribution in [0.3, 0.4) is 0 Å². The fraction of sp³-hybridized carbons (Fsp3) is 0.0833. The van der Waals surface area contributed by atoms with Gasteiger partial charge in [-0.15, -0.1) is 0 Å². The molecule has 0 aliphatic carbocycles. The molecule has 0 fully saturated rings. The van der Waals surface area contributed by atoms with Crippen molar-refractivity contribution in [3.8, 4) is 5.75 Å². The van der Waals surface area contributed by atoms with E-state index in [2.05, 4.69) is 33.0 Å². The number of ether oxygens (including phenoxy) is 1. The lowest BCUT2D eigenvalue weighted by Gasteiger charge is -2.27. The number of hydrogen-bond donors (Lipinski definition) is 2. The molecule has 0 unspecified atom stereocenters. The summed E-state index contributed by atoms with van der Waals surface area (Å²) >= 11 is 3.41. The number of carbonyl (C=O) groups is 1. The summed E-state index contributed by atoms with van der Waals surface area (Å²) in [6.07, 6.45) is 3.11. The standard InChI is InChI=1S/C24H21BrN2O3/c1-2-15-30-22-14-13-21(25)16-18(22)17-26-27-23(28)24(29,19-9-5-3-6-10-19)20-11-7-4-8-12-20/h2-14,16-17,29H,1,15H2,(H,27,28)/b26-17-. The van der Waals surface area contributed by atoms with Crippen LogP contribution < -0.4 is 10.2 Å². The number of benzene rings is 3. The third kappa shape index (κ3) is 4.84. The first kappa shape index (κ1) is 21.5. The van der Waals surface area contributed by atoms with E-state index in [4.69, 9.17) is 4.74 Å². The zero-order valence-electron chi connectivity index (χ0n) is 16.2. The van der Waals surface area contributed by atoms with Crippen LogP contribution in [0, 0.1) is 0 Å². The van der Waals surface area contributed by atoms with Crippen molar-refractivity contribution in [2.75, 3.05) is 6.61 Å². The van der Waals surface area contributed by atoms with Gasteiger partial charge < -0.3 is 9.84 Å². The molecule has 0 radical (unpaired) electrons. The number of nitrogens with zero attached hydrogens (tertiary/aromatic N) is 1. The van der Waals surface area contributed by atoms with Gasteiger partial charge in [-0.3, -0.25) is 4.79 Å². The minimum atomic E-state index is -1.89. The minimum Gasteiger partial charge on any atom is -0.489 e. The number of nitrogens with one attached hydrogen (secondary N) is 1. The van der Waals surface area contributed by atoms with E-state index in [1.54, 1.807) is 60.7 Å². The lowest BCUT2D eigenvalue weighted by Crippen LogP contribution is -2.43. The molecular formula is C24H21BrN2O3. The molecule has 0 saturated heterocycles. The van der Waals surface area contributed by atoms with Crippen molar-refractivity contribution < 1.29 is 14.6 Å². The molecule has 6 heteroatoms. The van der Waals surface area contributed by atoms with Gasteiger partial charge in [0.15, 0.2) is 5.60 Å². The first-order chi connectivity index (χ1) is 14.6. The van der Waals surface area contributed by atoms with Gasteiger partial charge in [0.05, 0.1) is 6.21 Å². The van der Waals surface area contributed by atoms with Crippen molar-refractivity contribution >= 4 is 28.1 Å². The number of halogens is 1. The van der Waals surface area contributed by atoms with E-state index in [-0.39, 0.29) is 0 Å². The fourth-order valence-electron chi connectivity index (χ4n) is 2.93. The van der Waals surface area contributed by atoms with Gasteiger partial charge in [-0.2, -0.15) is 5.10 Å². The van der Waals surface area contributed by atoms with Crippen LogP contribution in [-0.4, -0.2) is 23.8 Å². The molecule has 3 aromatic carbocycles. The SMILES string of the molecule is C=CCOc1ccc(Br)cc1/C=N\NC(=O)C(O)(c1ccccc1)c1ccccc1. The maximum absolute atomic E-state index is 13.1. The molecule has 0 aliphatic rings. The van der Waals surface area contributed by atoms with Crippen LogP contribution in [0.25, 0.3) is 0 Å². The van der Waals surface area contributed by atoms with Crippen LogP contribution >= 0.6 is 15.9 Å². The molecular weight excluding hydrogens is 444 g/mol. The number of aliphatic hydroxyl groups is 1. The summed E-state index contributed by atoms with van der Waals surface area (Å²) in [6, 6.07) is 23.0. The van der Waals surface area contributed by atoms with Crippen LogP contribution in [0.1, 0.15) is 16.7 Å².